The Morgan fingerprint density at radius 1 is 1.00 bits per heavy atom. The van der Waals surface area contributed by atoms with Gasteiger partial charge in [0.15, 0.2) is 6.54 Å². The molecule has 5 fully saturated rings. The highest BCUT2D eigenvalue weighted by atomic mass is 17.3. The molecule has 0 spiro atoms. The fourth-order valence-electron chi connectivity index (χ4n) is 6.61. The number of rotatable bonds is 5. The van der Waals surface area contributed by atoms with Gasteiger partial charge in [-0.1, -0.05) is 0 Å². The summed E-state index contributed by atoms with van der Waals surface area (Å²) in [5.74, 6) is 7.79. The molecule has 0 aromatic carbocycles. The van der Waals surface area contributed by atoms with Gasteiger partial charge >= 0.3 is 12.5 Å². The van der Waals surface area contributed by atoms with E-state index in [4.69, 9.17) is 15.6 Å². The number of hydrogen-bond acceptors (Lipinski definition) is 4. The van der Waals surface area contributed by atoms with Crippen molar-refractivity contribution in [2.75, 3.05) is 34.7 Å². The molecule has 142 valence electrons. The second kappa shape index (κ2) is 5.63. The van der Waals surface area contributed by atoms with Crippen LogP contribution in [0.15, 0.2) is 0 Å². The van der Waals surface area contributed by atoms with E-state index < -0.39 is 0 Å². The average Bonchev–Trinajstić information content (AvgIpc) is 2.42. The molecule has 1 heterocycles. The number of carbonyl (C=O) groups excluding carboxylic acids is 1. The lowest BCUT2D eigenvalue weighted by molar-refractivity contribution is -1.09. The van der Waals surface area contributed by atoms with Gasteiger partial charge in [-0.2, -0.15) is 9.78 Å². The number of hydrazine groups is 1. The third kappa shape index (κ3) is 2.63. The van der Waals surface area contributed by atoms with Gasteiger partial charge in [-0.05, 0) is 37.0 Å². The first kappa shape index (κ1) is 17.7. The van der Waals surface area contributed by atoms with E-state index >= 15 is 0 Å². The Hall–Kier alpha value is -0.730. The Balaban J connectivity index is 1.70. The maximum absolute atomic E-state index is 12.4. The lowest BCUT2D eigenvalue weighted by Crippen LogP contribution is -2.81. The molecule has 7 heteroatoms. The van der Waals surface area contributed by atoms with Crippen LogP contribution in [0.1, 0.15) is 38.5 Å². The number of hydrogen-bond donors (Lipinski definition) is 2. The van der Waals surface area contributed by atoms with Crippen molar-refractivity contribution in [2.45, 2.75) is 56.5 Å². The van der Waals surface area contributed by atoms with E-state index in [1.165, 1.54) is 38.5 Å². The maximum atomic E-state index is 12.4. The average molecular weight is 354 g/mol. The summed E-state index contributed by atoms with van der Waals surface area (Å²) in [6.45, 7) is 0.354. The van der Waals surface area contributed by atoms with Crippen LogP contribution in [-0.4, -0.2) is 67.6 Å². The lowest BCUT2D eigenvalue weighted by Gasteiger charge is -2.65. The van der Waals surface area contributed by atoms with Gasteiger partial charge in [0.2, 0.25) is 0 Å². The van der Waals surface area contributed by atoms with E-state index in [2.05, 4.69) is 33.6 Å². The third-order valence-corrected chi connectivity index (χ3v) is 7.54. The summed E-state index contributed by atoms with van der Waals surface area (Å²) in [7, 11) is 8.56. The van der Waals surface area contributed by atoms with Gasteiger partial charge in [-0.3, -0.25) is 19.2 Å². The molecule has 5 aliphatic rings. The Morgan fingerprint density at radius 2 is 1.48 bits per heavy atom. The molecule has 0 aromatic heterocycles. The van der Waals surface area contributed by atoms with Crippen LogP contribution >= 0.6 is 0 Å². The summed E-state index contributed by atoms with van der Waals surface area (Å²) in [5.41, 5.74) is 2.47. The zero-order chi connectivity index (χ0) is 18.0. The summed E-state index contributed by atoms with van der Waals surface area (Å²) in [5, 5.41) is 0. The van der Waals surface area contributed by atoms with Gasteiger partial charge in [0, 0.05) is 19.3 Å². The molecule has 0 radical (unpaired) electrons. The Morgan fingerprint density at radius 3 is 1.84 bits per heavy atom. The van der Waals surface area contributed by atoms with Crippen LogP contribution in [0.25, 0.3) is 0 Å². The number of nitrogens with two attached hydrogens (primary N) is 1. The molecule has 5 rings (SSSR count). The van der Waals surface area contributed by atoms with Crippen molar-refractivity contribution in [3.63, 3.8) is 0 Å². The van der Waals surface area contributed by atoms with Crippen LogP contribution in [0.2, 0.25) is 0 Å². The van der Waals surface area contributed by atoms with E-state index in [1.54, 1.807) is 0 Å². The standard InChI is InChI=1S/C18H33N4O3/c1-21(2,3)16-17(25-24-16)22(4,11-15(23)20-19)18-8-12-5-13(9-18)7-14(6-12)10-18/h12-14,16-17H,5-11,19H2,1-4H3/q+1/p+1. The molecule has 0 aromatic rings. The molecule has 1 amide bonds. The first-order chi connectivity index (χ1) is 11.7. The van der Waals surface area contributed by atoms with Crippen LogP contribution in [0.5, 0.6) is 0 Å². The summed E-state index contributed by atoms with van der Waals surface area (Å²) < 4.78 is 1.26. The molecule has 1 aliphatic heterocycles. The van der Waals surface area contributed by atoms with Gasteiger partial charge in [-0.15, -0.1) is 0 Å². The second-order valence-corrected chi connectivity index (χ2v) is 10.2. The van der Waals surface area contributed by atoms with Gasteiger partial charge in [0.1, 0.15) is 5.54 Å². The van der Waals surface area contributed by atoms with Crippen LogP contribution in [0.3, 0.4) is 0 Å². The molecular weight excluding hydrogens is 320 g/mol. The van der Waals surface area contributed by atoms with Crippen molar-refractivity contribution in [3.8, 4) is 0 Å². The highest BCUT2D eigenvalue weighted by Crippen LogP contribution is 2.60. The number of nitrogens with zero attached hydrogens (tertiary/aromatic N) is 2. The normalized spacial score (nSPS) is 44.9. The molecule has 25 heavy (non-hydrogen) atoms. The summed E-state index contributed by atoms with van der Waals surface area (Å²) in [6, 6.07) is 0. The van der Waals surface area contributed by atoms with E-state index in [0.717, 1.165) is 17.8 Å². The molecule has 4 bridgehead atoms. The van der Waals surface area contributed by atoms with Crippen molar-refractivity contribution in [3.05, 3.63) is 0 Å². The van der Waals surface area contributed by atoms with E-state index in [0.29, 0.717) is 15.5 Å². The number of carbonyl (C=O) groups is 1. The predicted molar refractivity (Wildman–Crippen MR) is 92.1 cm³/mol. The minimum Gasteiger partial charge on any atom is -0.296 e. The lowest BCUT2D eigenvalue weighted by atomic mass is 9.51. The third-order valence-electron chi connectivity index (χ3n) is 7.54. The summed E-state index contributed by atoms with van der Waals surface area (Å²) in [4.78, 5) is 23.6. The SMILES string of the molecule is C[N+](C)(C)C1OOC1[N+](C)(CC(=O)NN)C12CC3CC(CC(C3)C1)C2. The fourth-order valence-corrected chi connectivity index (χ4v) is 6.61. The number of nitrogens with one attached hydrogen (secondary N) is 1. The Kier molecular flexibility index (Phi) is 3.98. The van der Waals surface area contributed by atoms with Crippen molar-refractivity contribution in [1.82, 2.24) is 5.43 Å². The molecule has 1 saturated heterocycles. The van der Waals surface area contributed by atoms with E-state index in [-0.39, 0.29) is 23.9 Å². The Labute approximate surface area is 150 Å². The largest absolute Gasteiger partial charge is 0.305 e. The molecule has 3 N–H and O–H groups in total. The quantitative estimate of drug-likeness (QED) is 0.251. The minimum absolute atomic E-state index is 0.0661. The molecule has 4 saturated carbocycles. The summed E-state index contributed by atoms with van der Waals surface area (Å²) >= 11 is 0. The number of amides is 1. The van der Waals surface area contributed by atoms with Crippen LogP contribution in [0.4, 0.5) is 0 Å². The van der Waals surface area contributed by atoms with Gasteiger partial charge in [0.05, 0.1) is 28.2 Å². The maximum Gasteiger partial charge on any atom is 0.305 e. The second-order valence-electron chi connectivity index (χ2n) is 10.2. The summed E-state index contributed by atoms with van der Waals surface area (Å²) in [6.07, 6.45) is 7.55. The first-order valence-corrected chi connectivity index (χ1v) is 9.65. The molecule has 3 unspecified atom stereocenters. The highest BCUT2D eigenvalue weighted by molar-refractivity contribution is 5.76. The zero-order valence-corrected chi connectivity index (χ0v) is 16.0. The zero-order valence-electron chi connectivity index (χ0n) is 16.0. The molecule has 7 nitrogen and oxygen atoms in total. The molecule has 4 aliphatic carbocycles. The van der Waals surface area contributed by atoms with Gasteiger partial charge in [0.25, 0.3) is 5.91 Å². The highest BCUT2D eigenvalue weighted by Gasteiger charge is 2.68. The van der Waals surface area contributed by atoms with Crippen molar-refractivity contribution >= 4 is 5.91 Å². The van der Waals surface area contributed by atoms with Crippen LogP contribution in [-0.2, 0) is 14.6 Å². The molecular formula is C18H34N4O3+2. The smallest absolute Gasteiger partial charge is 0.296 e. The van der Waals surface area contributed by atoms with Crippen molar-refractivity contribution in [2.24, 2.45) is 23.6 Å². The van der Waals surface area contributed by atoms with E-state index in [9.17, 15) is 4.79 Å². The van der Waals surface area contributed by atoms with Crippen molar-refractivity contribution < 1.29 is 23.5 Å². The molecule has 3 atom stereocenters. The Bertz CT molecular complexity index is 526. The van der Waals surface area contributed by atoms with Crippen LogP contribution < -0.4 is 11.3 Å². The minimum atomic E-state index is -0.131. The first-order valence-electron chi connectivity index (χ1n) is 9.65. The van der Waals surface area contributed by atoms with Crippen molar-refractivity contribution in [1.29, 1.82) is 0 Å². The fraction of sp³-hybridized carbons (Fsp3) is 0.944. The predicted octanol–water partition coefficient (Wildman–Crippen LogP) is 0.712. The monoisotopic (exact) mass is 354 g/mol. The number of likely N-dealkylation sites (N-methyl/N-ethyl adjacent to an activating group) is 2. The van der Waals surface area contributed by atoms with Gasteiger partial charge < -0.3 is 0 Å². The van der Waals surface area contributed by atoms with Gasteiger partial charge in [-0.25, -0.2) is 5.84 Å². The van der Waals surface area contributed by atoms with Crippen LogP contribution in [0, 0.1) is 17.8 Å². The number of quaternary nitrogens is 2. The van der Waals surface area contributed by atoms with E-state index in [1.807, 2.05) is 0 Å². The topological polar surface area (TPSA) is 73.6 Å².